The first-order valence-corrected chi connectivity index (χ1v) is 23.8. The van der Waals surface area contributed by atoms with Gasteiger partial charge in [-0.1, -0.05) is 104 Å². The second-order valence-corrected chi connectivity index (χ2v) is 19.9. The Morgan fingerprint density at radius 1 is 0.111 bits per heavy atom. The molecule has 31 heteroatoms. The van der Waals surface area contributed by atoms with Crippen LogP contribution in [0, 0.1) is 0 Å². The van der Waals surface area contributed by atoms with Crippen molar-refractivity contribution in [2.75, 3.05) is 0 Å². The number of hydrogen-bond acceptors (Lipinski definition) is 1. The molecule has 1 heterocycles. The van der Waals surface area contributed by atoms with E-state index in [2.05, 4.69) is 0 Å². The normalized spacial score (nSPS) is 12.0. The number of benzene rings is 10. The summed E-state index contributed by atoms with van der Waals surface area (Å²) in [5.74, 6) is 0. The van der Waals surface area contributed by atoms with Gasteiger partial charge in [0.1, 0.15) is 247 Å². The van der Waals surface area contributed by atoms with E-state index >= 15 is 0 Å². The third kappa shape index (κ3) is 7.30. The Labute approximate surface area is 509 Å². The van der Waals surface area contributed by atoms with Crippen LogP contribution in [0.3, 0.4) is 0 Å². The first kappa shape index (κ1) is 58.0. The van der Waals surface area contributed by atoms with Gasteiger partial charge in [0.2, 0.25) is 0 Å². The van der Waals surface area contributed by atoms with Gasteiger partial charge in [-0.3, -0.25) is 0 Å². The highest BCUT2D eigenvalue weighted by Crippen LogP contribution is 2.41. The Morgan fingerprint density at radius 3 is 0.728 bits per heavy atom. The summed E-state index contributed by atoms with van der Waals surface area (Å²) in [6, 6.07) is 0. The summed E-state index contributed by atoms with van der Waals surface area (Å²) >= 11 is 0. The molecule has 1 aromatic heterocycles. The van der Waals surface area contributed by atoms with E-state index in [1.165, 1.54) is 0 Å². The summed E-state index contributed by atoms with van der Waals surface area (Å²) < 4.78 is 6.40. The van der Waals surface area contributed by atoms with Crippen LogP contribution in [0.1, 0.15) is 0 Å². The molecule has 0 saturated heterocycles. The molecule has 0 saturated carbocycles. The predicted molar refractivity (Wildman–Crippen MR) is 379 cm³/mol. The summed E-state index contributed by atoms with van der Waals surface area (Å²) in [6.07, 6.45) is 0. The van der Waals surface area contributed by atoms with Gasteiger partial charge in [-0.2, -0.15) is 0 Å². The summed E-state index contributed by atoms with van der Waals surface area (Å²) in [6.45, 7) is 0. The zero-order valence-electron chi connectivity index (χ0n) is 42.7. The maximum atomic E-state index is 7.54. The van der Waals surface area contributed by atoms with Crippen LogP contribution < -0.4 is 164 Å². The van der Waals surface area contributed by atoms with Crippen molar-refractivity contribution >= 4 is 475 Å². The van der Waals surface area contributed by atoms with E-state index in [1.54, 1.807) is 0 Å². The molecule has 0 N–H and O–H groups in total. The van der Waals surface area contributed by atoms with Crippen molar-refractivity contribution in [1.29, 1.82) is 0 Å². The van der Waals surface area contributed by atoms with Crippen molar-refractivity contribution in [1.82, 2.24) is 0 Å². The molecule has 0 aliphatic heterocycles. The number of fused-ring (bicyclic) bond motifs is 9. The van der Waals surface area contributed by atoms with E-state index in [1.807, 2.05) is 0 Å². The Morgan fingerprint density at radius 2 is 0.333 bits per heavy atom. The van der Waals surface area contributed by atoms with E-state index in [-0.39, 0.29) is 273 Å². The highest BCUT2D eigenvalue weighted by Gasteiger charge is 2.32. The van der Waals surface area contributed by atoms with E-state index in [9.17, 15) is 0 Å². The van der Waals surface area contributed by atoms with Crippen molar-refractivity contribution in [2.45, 2.75) is 0 Å². The maximum absolute atomic E-state index is 7.54. The van der Waals surface area contributed by atoms with Crippen molar-refractivity contribution in [3.05, 3.63) is 0 Å². The Kier molecular flexibility index (Phi) is 13.9. The van der Waals surface area contributed by atoms with Crippen LogP contribution in [0.4, 0.5) is 0 Å². The average molecular weight is 941 g/mol. The molecule has 0 amide bonds. The van der Waals surface area contributed by atoms with Gasteiger partial charge in [-0.15, -0.1) is 54.6 Å². The lowest BCUT2D eigenvalue weighted by molar-refractivity contribution is 0.675. The van der Waals surface area contributed by atoms with Crippen LogP contribution in [-0.4, -0.2) is 235 Å². The van der Waals surface area contributed by atoms with Crippen LogP contribution >= 0.6 is 0 Å². The van der Waals surface area contributed by atoms with E-state index in [0.29, 0.717) is 0 Å². The van der Waals surface area contributed by atoms with Crippen molar-refractivity contribution in [3.8, 4) is 33.4 Å². The molecule has 0 unspecified atom stereocenters. The topological polar surface area (TPSA) is 13.1 Å². The molecule has 1 nitrogen and oxygen atoms in total. The molecule has 60 radical (unpaired) electrons. The zero-order chi connectivity index (χ0) is 59.6. The largest absolute Gasteiger partial charge is 0.457 e. The van der Waals surface area contributed by atoms with Crippen molar-refractivity contribution in [3.63, 3.8) is 0 Å². The molecule has 10 aromatic carbocycles. The Hall–Kier alpha value is -4.75. The van der Waals surface area contributed by atoms with Gasteiger partial charge in [0.05, 0.1) is 0 Å². The fourth-order valence-electron chi connectivity index (χ4n) is 11.8. The minimum absolute atomic E-state index is 0.0305. The molecule has 0 aliphatic rings. The van der Waals surface area contributed by atoms with Gasteiger partial charge in [0, 0.05) is 10.8 Å². The molecule has 11 rings (SSSR count). The second kappa shape index (κ2) is 19.4. The summed E-state index contributed by atoms with van der Waals surface area (Å²) in [5, 5.41) is 0.350. The fraction of sp³-hybridized carbons (Fsp3) is 0. The lowest BCUT2D eigenvalue weighted by Crippen LogP contribution is -2.52. The minimum Gasteiger partial charge on any atom is -0.457 e. The van der Waals surface area contributed by atoms with E-state index < -0.39 is 0 Å². The molecule has 0 bridgehead atoms. The molecule has 0 atom stereocenters. The molecule has 0 fully saturated rings. The lowest BCUT2D eigenvalue weighted by atomic mass is 9.55. The van der Waals surface area contributed by atoms with Crippen molar-refractivity contribution in [2.24, 2.45) is 0 Å². The third-order valence-corrected chi connectivity index (χ3v) is 16.0. The summed E-state index contributed by atoms with van der Waals surface area (Å²) in [7, 11) is 206. The van der Waals surface area contributed by atoms with Gasteiger partial charge >= 0.3 is 0 Å². The number of hydrogen-bond donors (Lipinski definition) is 0. The van der Waals surface area contributed by atoms with Gasteiger partial charge in [0.25, 0.3) is 0 Å². The first-order valence-electron chi connectivity index (χ1n) is 23.8. The van der Waals surface area contributed by atoms with Crippen LogP contribution in [0.15, 0.2) is 4.42 Å². The molecule has 11 aromatic rings. The standard InChI is InChI=1S/C50B30O/c51-19-10(30(62)39(71)32(64)13(19)8-3-9-14(33(65)45(77)44(76)27(9)59)29(61)28(60)12(3)31(63)38(70)26(8)58)1-4-6(24(56)42(74)40(72)22(4)54)2(7-5(1)23(55)41(73)43(75)25(7)57)11-20(52)18-17-21(53)15-16(35(67)47(79)46(78)34(15)66)37(69)49(17)81-50(18)48(80)36(11)68. The summed E-state index contributed by atoms with van der Waals surface area (Å²) in [4.78, 5) is 0. The average Bonchev–Trinajstić information content (AvgIpc) is 3.91. The third-order valence-electron chi connectivity index (χ3n) is 16.0. The molecular weight excluding hydrogens is 941 g/mol. The zero-order valence-corrected chi connectivity index (χ0v) is 42.7. The van der Waals surface area contributed by atoms with E-state index in [0.717, 1.165) is 0 Å². The van der Waals surface area contributed by atoms with Gasteiger partial charge in [-0.25, -0.2) is 0 Å². The van der Waals surface area contributed by atoms with E-state index in [4.69, 9.17) is 240 Å². The summed E-state index contributed by atoms with van der Waals surface area (Å²) in [5.41, 5.74) is -5.93. The highest BCUT2D eigenvalue weighted by molar-refractivity contribution is 6.79. The van der Waals surface area contributed by atoms with Crippen LogP contribution in [0.25, 0.3) is 109 Å². The quantitative estimate of drug-likeness (QED) is 0.0977. The Balaban J connectivity index is 1.41. The number of furan rings is 1. The second-order valence-electron chi connectivity index (χ2n) is 19.9. The SMILES string of the molecule is [B]c1c([B])c(-c2c3c([B])c([B])c([B])c([B])c3c(-c3c([B])c([B])c4oc5c([B])c6c([B])c([B])c([B])c([B])c6c([B])c5c4c3[B])c3c([B])c([B])c([B])c([B])c23)c([B])c(-c2c([B])c([B])c([B])c3c([B])c([B])c4c([B])c([B])c([B])c([B])c4c23)c1[B]. The highest BCUT2D eigenvalue weighted by atomic mass is 16.3. The molecule has 0 aliphatic carbocycles. The van der Waals surface area contributed by atoms with Crippen LogP contribution in [0.2, 0.25) is 0 Å². The molecule has 0 spiro atoms. The minimum atomic E-state index is -0.302. The monoisotopic (exact) mass is 946 g/mol. The first-order chi connectivity index (χ1) is 37.8. The fourth-order valence-corrected chi connectivity index (χ4v) is 11.8. The Bertz CT molecular complexity index is 4850. The maximum Gasteiger partial charge on any atom is 0.128 e. The molecular formula is C50B30O. The molecule has 296 valence electrons. The van der Waals surface area contributed by atoms with Gasteiger partial charge in [0.15, 0.2) is 0 Å². The lowest BCUT2D eigenvalue weighted by Gasteiger charge is -2.33. The van der Waals surface area contributed by atoms with Gasteiger partial charge in [-0.05, 0) is 92.7 Å². The van der Waals surface area contributed by atoms with Gasteiger partial charge < -0.3 is 4.42 Å². The molecule has 81 heavy (non-hydrogen) atoms. The van der Waals surface area contributed by atoms with Crippen LogP contribution in [-0.2, 0) is 0 Å². The number of rotatable bonds is 3. The van der Waals surface area contributed by atoms with Crippen LogP contribution in [0.5, 0.6) is 0 Å². The van der Waals surface area contributed by atoms with Crippen molar-refractivity contribution < 1.29 is 4.42 Å². The smallest absolute Gasteiger partial charge is 0.128 e. The predicted octanol–water partition coefficient (Wildman–Crippen LogP) is -21.8.